The minimum absolute atomic E-state index is 0.171. The Morgan fingerprint density at radius 1 is 1.04 bits per heavy atom. The molecule has 11 heteroatoms. The first-order valence-electron chi connectivity index (χ1n) is 7.51. The van der Waals surface area contributed by atoms with Crippen LogP contribution in [0.15, 0.2) is 47.7 Å². The molecule has 3 rings (SSSR count). The molecule has 0 unspecified atom stereocenters. The molecule has 3 aromatic heterocycles. The molecule has 0 aliphatic heterocycles. The Hall–Kier alpha value is -3.01. The SMILES string of the molecule is O=c1ccc(-c2cnc(OCC(F)(F)F)nc2)nn1Cc1ccc(Cl)nc1. The number of ether oxygens (including phenoxy) is 1. The molecule has 0 radical (unpaired) electrons. The predicted octanol–water partition coefficient (Wildman–Crippen LogP) is 2.74. The second kappa shape index (κ2) is 7.70. The highest BCUT2D eigenvalue weighted by Crippen LogP contribution is 2.18. The third-order valence-electron chi connectivity index (χ3n) is 3.28. The van der Waals surface area contributed by atoms with E-state index in [4.69, 9.17) is 11.6 Å². The highest BCUT2D eigenvalue weighted by molar-refractivity contribution is 6.29. The molecule has 0 amide bonds. The van der Waals surface area contributed by atoms with Crippen molar-refractivity contribution in [1.29, 1.82) is 0 Å². The molecule has 7 nitrogen and oxygen atoms in total. The summed E-state index contributed by atoms with van der Waals surface area (Å²) >= 11 is 5.73. The monoisotopic (exact) mass is 397 g/mol. The van der Waals surface area contributed by atoms with Gasteiger partial charge >= 0.3 is 12.2 Å². The molecule has 0 bridgehead atoms. The van der Waals surface area contributed by atoms with Crippen molar-refractivity contribution in [1.82, 2.24) is 24.7 Å². The first-order valence-corrected chi connectivity index (χ1v) is 7.88. The molecule has 0 aliphatic carbocycles. The lowest BCUT2D eigenvalue weighted by atomic mass is 10.2. The Bertz CT molecular complexity index is 975. The first kappa shape index (κ1) is 18.8. The maximum atomic E-state index is 12.1. The third kappa shape index (κ3) is 5.23. The summed E-state index contributed by atoms with van der Waals surface area (Å²) in [6.45, 7) is -1.31. The van der Waals surface area contributed by atoms with Crippen LogP contribution in [0.4, 0.5) is 13.2 Å². The smallest absolute Gasteiger partial charge is 0.422 e. The molecule has 0 aliphatic rings. The summed E-state index contributed by atoms with van der Waals surface area (Å²) in [6.07, 6.45) is -0.423. The van der Waals surface area contributed by atoms with Gasteiger partial charge in [-0.25, -0.2) is 19.6 Å². The Kier molecular flexibility index (Phi) is 5.36. The van der Waals surface area contributed by atoms with Crippen molar-refractivity contribution in [2.75, 3.05) is 6.61 Å². The van der Waals surface area contributed by atoms with E-state index in [1.807, 2.05) is 0 Å². The summed E-state index contributed by atoms with van der Waals surface area (Å²) in [6, 6.07) is 5.69. The molecule has 140 valence electrons. The van der Waals surface area contributed by atoms with Crippen molar-refractivity contribution >= 4 is 11.6 Å². The van der Waals surface area contributed by atoms with Gasteiger partial charge < -0.3 is 4.74 Å². The minimum atomic E-state index is -4.48. The predicted molar refractivity (Wildman–Crippen MR) is 89.4 cm³/mol. The van der Waals surface area contributed by atoms with Crippen molar-refractivity contribution in [2.24, 2.45) is 0 Å². The number of alkyl halides is 3. The van der Waals surface area contributed by atoms with Crippen LogP contribution in [0.3, 0.4) is 0 Å². The van der Waals surface area contributed by atoms with Gasteiger partial charge in [0.25, 0.3) is 5.56 Å². The van der Waals surface area contributed by atoms with Gasteiger partial charge in [-0.2, -0.15) is 18.3 Å². The van der Waals surface area contributed by atoms with Gasteiger partial charge in [0.2, 0.25) is 0 Å². The molecule has 0 spiro atoms. The van der Waals surface area contributed by atoms with Gasteiger partial charge in [-0.1, -0.05) is 17.7 Å². The zero-order chi connectivity index (χ0) is 19.4. The maximum Gasteiger partial charge on any atom is 0.422 e. The van der Waals surface area contributed by atoms with E-state index in [2.05, 4.69) is 24.8 Å². The lowest BCUT2D eigenvalue weighted by Gasteiger charge is -2.09. The van der Waals surface area contributed by atoms with Crippen molar-refractivity contribution < 1.29 is 17.9 Å². The molecule has 0 aromatic carbocycles. The van der Waals surface area contributed by atoms with Crippen molar-refractivity contribution in [2.45, 2.75) is 12.7 Å². The van der Waals surface area contributed by atoms with Crippen LogP contribution in [0.1, 0.15) is 5.56 Å². The van der Waals surface area contributed by atoms with Crippen LogP contribution in [0.25, 0.3) is 11.3 Å². The lowest BCUT2D eigenvalue weighted by molar-refractivity contribution is -0.154. The van der Waals surface area contributed by atoms with E-state index in [9.17, 15) is 18.0 Å². The molecule has 0 N–H and O–H groups in total. The third-order valence-corrected chi connectivity index (χ3v) is 3.50. The highest BCUT2D eigenvalue weighted by atomic mass is 35.5. The van der Waals surface area contributed by atoms with Crippen LogP contribution < -0.4 is 10.3 Å². The average molecular weight is 398 g/mol. The van der Waals surface area contributed by atoms with Gasteiger partial charge in [0.1, 0.15) is 5.15 Å². The number of hydrogen-bond acceptors (Lipinski definition) is 6. The van der Waals surface area contributed by atoms with E-state index in [-0.39, 0.29) is 12.1 Å². The topological polar surface area (TPSA) is 82.8 Å². The second-order valence-corrected chi connectivity index (χ2v) is 5.75. The molecule has 0 saturated carbocycles. The summed E-state index contributed by atoms with van der Waals surface area (Å²) in [7, 11) is 0. The molecule has 0 fully saturated rings. The summed E-state index contributed by atoms with van der Waals surface area (Å²) in [4.78, 5) is 23.4. The van der Waals surface area contributed by atoms with Crippen LogP contribution in [0.5, 0.6) is 6.01 Å². The van der Waals surface area contributed by atoms with Crippen LogP contribution in [0.2, 0.25) is 5.15 Å². The van der Waals surface area contributed by atoms with E-state index < -0.39 is 18.8 Å². The quantitative estimate of drug-likeness (QED) is 0.616. The van der Waals surface area contributed by atoms with Gasteiger partial charge in [-0.3, -0.25) is 4.79 Å². The fourth-order valence-corrected chi connectivity index (χ4v) is 2.17. The first-order chi connectivity index (χ1) is 12.8. The van der Waals surface area contributed by atoms with Crippen molar-refractivity contribution in [3.05, 3.63) is 63.9 Å². The Morgan fingerprint density at radius 2 is 1.78 bits per heavy atom. The van der Waals surface area contributed by atoms with Crippen LogP contribution in [-0.2, 0) is 6.54 Å². The number of aromatic nitrogens is 5. The number of hydrogen-bond donors (Lipinski definition) is 0. The highest BCUT2D eigenvalue weighted by Gasteiger charge is 2.28. The molecule has 3 aromatic rings. The average Bonchev–Trinajstić information content (AvgIpc) is 2.63. The van der Waals surface area contributed by atoms with Crippen LogP contribution >= 0.6 is 11.6 Å². The van der Waals surface area contributed by atoms with Gasteiger partial charge in [-0.05, 0) is 17.7 Å². The largest absolute Gasteiger partial charge is 0.454 e. The van der Waals surface area contributed by atoms with E-state index in [0.717, 1.165) is 5.56 Å². The van der Waals surface area contributed by atoms with Crippen LogP contribution in [-0.4, -0.2) is 37.5 Å². The standard InChI is InChI=1S/C16H11ClF3N5O2/c17-13-3-1-10(5-21-13)8-25-14(26)4-2-12(24-25)11-6-22-15(23-7-11)27-9-16(18,19)20/h1-7H,8-9H2. The lowest BCUT2D eigenvalue weighted by Crippen LogP contribution is -2.23. The van der Waals surface area contributed by atoms with Gasteiger partial charge in [0, 0.05) is 30.2 Å². The van der Waals surface area contributed by atoms with E-state index in [1.54, 1.807) is 12.1 Å². The van der Waals surface area contributed by atoms with Crippen molar-refractivity contribution in [3.8, 4) is 17.3 Å². The fourth-order valence-electron chi connectivity index (χ4n) is 2.06. The Labute approximate surface area is 155 Å². The molecular weight excluding hydrogens is 387 g/mol. The zero-order valence-corrected chi connectivity index (χ0v) is 14.3. The Morgan fingerprint density at radius 3 is 2.41 bits per heavy atom. The number of halogens is 4. The molecule has 3 heterocycles. The Balaban J connectivity index is 1.79. The van der Waals surface area contributed by atoms with Gasteiger partial charge in [0.05, 0.1) is 12.2 Å². The summed E-state index contributed by atoms with van der Waals surface area (Å²) in [5, 5.41) is 4.55. The van der Waals surface area contributed by atoms with Gasteiger partial charge in [0.15, 0.2) is 6.61 Å². The fraction of sp³-hybridized carbons (Fsp3) is 0.188. The van der Waals surface area contributed by atoms with Gasteiger partial charge in [-0.15, -0.1) is 0 Å². The molecule has 0 atom stereocenters. The van der Waals surface area contributed by atoms with E-state index >= 15 is 0 Å². The summed E-state index contributed by atoms with van der Waals surface area (Å²) in [5.41, 5.74) is 1.18. The maximum absolute atomic E-state index is 12.1. The zero-order valence-electron chi connectivity index (χ0n) is 13.5. The van der Waals surface area contributed by atoms with Crippen molar-refractivity contribution in [3.63, 3.8) is 0 Å². The number of pyridine rings is 1. The number of nitrogens with zero attached hydrogens (tertiary/aromatic N) is 5. The normalized spacial score (nSPS) is 11.4. The van der Waals surface area contributed by atoms with E-state index in [0.29, 0.717) is 16.4 Å². The number of rotatable bonds is 5. The van der Waals surface area contributed by atoms with E-state index in [1.165, 1.54) is 35.4 Å². The van der Waals surface area contributed by atoms with Crippen LogP contribution in [0, 0.1) is 0 Å². The minimum Gasteiger partial charge on any atom is -0.454 e. The molecular formula is C16H11ClF3N5O2. The summed E-state index contributed by atoms with van der Waals surface area (Å²) < 4.78 is 42.1. The molecule has 0 saturated heterocycles. The summed E-state index contributed by atoms with van der Waals surface area (Å²) in [5.74, 6) is 0. The second-order valence-electron chi connectivity index (χ2n) is 5.36. The molecule has 27 heavy (non-hydrogen) atoms.